The summed E-state index contributed by atoms with van der Waals surface area (Å²) in [6.07, 6.45) is 1.85. The molecule has 2 rings (SSSR count). The topological polar surface area (TPSA) is 68.3 Å². The van der Waals surface area contributed by atoms with Gasteiger partial charge < -0.3 is 15.5 Å². The molecule has 1 aliphatic carbocycles. The zero-order valence-corrected chi connectivity index (χ0v) is 13.1. The maximum absolute atomic E-state index is 12.3. The fraction of sp³-hybridized carbons (Fsp3) is 0.688. The molecule has 0 spiro atoms. The molecule has 0 fully saturated rings. The van der Waals surface area contributed by atoms with Gasteiger partial charge in [0.2, 0.25) is 5.91 Å². The van der Waals surface area contributed by atoms with E-state index in [0.29, 0.717) is 0 Å². The van der Waals surface area contributed by atoms with Crippen molar-refractivity contribution < 1.29 is 9.21 Å². The second kappa shape index (κ2) is 5.24. The van der Waals surface area contributed by atoms with Gasteiger partial charge in [-0.05, 0) is 31.7 Å². The monoisotopic (exact) mass is 278 g/mol. The lowest BCUT2D eigenvalue weighted by molar-refractivity contribution is -0.126. The Morgan fingerprint density at radius 2 is 2.15 bits per heavy atom. The summed E-state index contributed by atoms with van der Waals surface area (Å²) >= 11 is 0. The number of rotatable bonds is 3. The van der Waals surface area contributed by atoms with Crippen molar-refractivity contribution in [1.82, 2.24) is 5.32 Å². The molecule has 3 unspecified atom stereocenters. The lowest BCUT2D eigenvalue weighted by atomic mass is 9.74. The molecule has 1 aliphatic rings. The van der Waals surface area contributed by atoms with Crippen LogP contribution in [0.15, 0.2) is 10.5 Å². The number of nitrogens with one attached hydrogen (secondary N) is 1. The van der Waals surface area contributed by atoms with E-state index in [1.807, 2.05) is 26.8 Å². The number of furan rings is 1. The number of amides is 1. The maximum atomic E-state index is 12.3. The minimum atomic E-state index is -0.184. The van der Waals surface area contributed by atoms with E-state index >= 15 is 0 Å². The Morgan fingerprint density at radius 1 is 1.50 bits per heavy atom. The van der Waals surface area contributed by atoms with Crippen LogP contribution in [-0.4, -0.2) is 11.9 Å². The Morgan fingerprint density at radius 3 is 2.75 bits per heavy atom. The smallest absolute Gasteiger partial charge is 0.224 e. The average Bonchev–Trinajstić information content (AvgIpc) is 2.66. The average molecular weight is 278 g/mol. The SMILES string of the molecule is Cc1cc2c(o1)CC(C)(C)CC2NC(=O)C(C)C(C)N. The van der Waals surface area contributed by atoms with Crippen LogP contribution in [0.3, 0.4) is 0 Å². The van der Waals surface area contributed by atoms with Gasteiger partial charge in [0.15, 0.2) is 0 Å². The molecule has 3 N–H and O–H groups in total. The van der Waals surface area contributed by atoms with Crippen molar-refractivity contribution in [3.63, 3.8) is 0 Å². The highest BCUT2D eigenvalue weighted by Gasteiger charge is 2.36. The van der Waals surface area contributed by atoms with Crippen molar-refractivity contribution in [1.29, 1.82) is 0 Å². The van der Waals surface area contributed by atoms with Crippen LogP contribution in [0.2, 0.25) is 0 Å². The first-order valence-corrected chi connectivity index (χ1v) is 7.35. The second-order valence-corrected chi connectivity index (χ2v) is 6.99. The maximum Gasteiger partial charge on any atom is 0.224 e. The van der Waals surface area contributed by atoms with Gasteiger partial charge in [0.25, 0.3) is 0 Å². The molecule has 0 bridgehead atoms. The number of fused-ring (bicyclic) bond motifs is 1. The largest absolute Gasteiger partial charge is 0.466 e. The van der Waals surface area contributed by atoms with Crippen LogP contribution in [0.1, 0.15) is 57.2 Å². The number of hydrogen-bond acceptors (Lipinski definition) is 3. The minimum Gasteiger partial charge on any atom is -0.466 e. The first-order valence-electron chi connectivity index (χ1n) is 7.35. The Kier molecular flexibility index (Phi) is 3.96. The van der Waals surface area contributed by atoms with Crippen molar-refractivity contribution in [3.05, 3.63) is 23.2 Å². The summed E-state index contributed by atoms with van der Waals surface area (Å²) in [4.78, 5) is 12.3. The lowest BCUT2D eigenvalue weighted by Crippen LogP contribution is -2.42. The highest BCUT2D eigenvalue weighted by molar-refractivity contribution is 5.79. The fourth-order valence-electron chi connectivity index (χ4n) is 2.86. The van der Waals surface area contributed by atoms with E-state index in [1.165, 1.54) is 0 Å². The zero-order valence-electron chi connectivity index (χ0n) is 13.1. The Bertz CT molecular complexity index is 503. The predicted octanol–water partition coefficient (Wildman–Crippen LogP) is 2.70. The first kappa shape index (κ1) is 15.1. The molecule has 1 amide bonds. The molecular weight excluding hydrogens is 252 g/mol. The molecule has 1 aromatic rings. The predicted molar refractivity (Wildman–Crippen MR) is 79.2 cm³/mol. The molecule has 112 valence electrons. The first-order chi connectivity index (χ1) is 9.19. The lowest BCUT2D eigenvalue weighted by Gasteiger charge is -2.35. The summed E-state index contributed by atoms with van der Waals surface area (Å²) in [7, 11) is 0. The Labute approximate surface area is 121 Å². The molecule has 4 nitrogen and oxygen atoms in total. The molecule has 0 saturated carbocycles. The summed E-state index contributed by atoms with van der Waals surface area (Å²) in [5.74, 6) is 1.76. The van der Waals surface area contributed by atoms with Gasteiger partial charge in [-0.2, -0.15) is 0 Å². The summed E-state index contributed by atoms with van der Waals surface area (Å²) in [5, 5.41) is 3.15. The van der Waals surface area contributed by atoms with Gasteiger partial charge in [-0.25, -0.2) is 0 Å². The van der Waals surface area contributed by atoms with Gasteiger partial charge in [0.05, 0.1) is 6.04 Å². The van der Waals surface area contributed by atoms with Crippen LogP contribution in [-0.2, 0) is 11.2 Å². The van der Waals surface area contributed by atoms with Crippen LogP contribution >= 0.6 is 0 Å². The quantitative estimate of drug-likeness (QED) is 0.893. The van der Waals surface area contributed by atoms with Crippen molar-refractivity contribution in [2.75, 3.05) is 0 Å². The van der Waals surface area contributed by atoms with Crippen LogP contribution in [0, 0.1) is 18.3 Å². The fourth-order valence-corrected chi connectivity index (χ4v) is 2.86. The molecule has 20 heavy (non-hydrogen) atoms. The molecular formula is C16H26N2O2. The minimum absolute atomic E-state index is 0.0208. The van der Waals surface area contributed by atoms with Crippen LogP contribution in [0.25, 0.3) is 0 Å². The van der Waals surface area contributed by atoms with Gasteiger partial charge in [-0.3, -0.25) is 4.79 Å². The van der Waals surface area contributed by atoms with E-state index in [2.05, 4.69) is 19.2 Å². The van der Waals surface area contributed by atoms with Crippen molar-refractivity contribution in [3.8, 4) is 0 Å². The molecule has 0 saturated heterocycles. The van der Waals surface area contributed by atoms with Gasteiger partial charge in [-0.1, -0.05) is 20.8 Å². The standard InChI is InChI=1S/C16H26N2O2/c1-9-6-12-13(18-15(19)10(2)11(3)17)7-16(4,5)8-14(12)20-9/h6,10-11,13H,7-8,17H2,1-5H3,(H,18,19). The third-order valence-corrected chi connectivity index (χ3v) is 4.25. The van der Waals surface area contributed by atoms with Gasteiger partial charge in [0, 0.05) is 23.9 Å². The van der Waals surface area contributed by atoms with Gasteiger partial charge in [0.1, 0.15) is 11.5 Å². The highest BCUT2D eigenvalue weighted by atomic mass is 16.3. The number of hydrogen-bond donors (Lipinski definition) is 2. The number of nitrogens with two attached hydrogens (primary N) is 1. The molecule has 4 heteroatoms. The highest BCUT2D eigenvalue weighted by Crippen LogP contribution is 2.42. The van der Waals surface area contributed by atoms with Crippen molar-refractivity contribution >= 4 is 5.91 Å². The third-order valence-electron chi connectivity index (χ3n) is 4.25. The zero-order chi connectivity index (χ0) is 15.1. The molecule has 1 heterocycles. The number of carbonyl (C=O) groups excluding carboxylic acids is 1. The van der Waals surface area contributed by atoms with E-state index < -0.39 is 0 Å². The van der Waals surface area contributed by atoms with E-state index in [-0.39, 0.29) is 29.3 Å². The van der Waals surface area contributed by atoms with E-state index in [0.717, 1.165) is 29.9 Å². The summed E-state index contributed by atoms with van der Waals surface area (Å²) in [5.41, 5.74) is 7.08. The third kappa shape index (κ3) is 3.06. The molecule has 0 aliphatic heterocycles. The second-order valence-electron chi connectivity index (χ2n) is 6.99. The number of carbonyl (C=O) groups is 1. The van der Waals surface area contributed by atoms with Crippen LogP contribution in [0.4, 0.5) is 0 Å². The number of aryl methyl sites for hydroxylation is 1. The molecule has 0 aromatic carbocycles. The Balaban J connectivity index is 2.21. The van der Waals surface area contributed by atoms with Crippen molar-refractivity contribution in [2.24, 2.45) is 17.1 Å². The Hall–Kier alpha value is -1.29. The van der Waals surface area contributed by atoms with Gasteiger partial charge in [-0.15, -0.1) is 0 Å². The van der Waals surface area contributed by atoms with Gasteiger partial charge >= 0.3 is 0 Å². The summed E-state index contributed by atoms with van der Waals surface area (Å²) < 4.78 is 5.79. The summed E-state index contributed by atoms with van der Waals surface area (Å²) in [6, 6.07) is 1.93. The normalized spacial score (nSPS) is 23.8. The van der Waals surface area contributed by atoms with E-state index in [9.17, 15) is 4.79 Å². The van der Waals surface area contributed by atoms with Crippen LogP contribution in [0.5, 0.6) is 0 Å². The van der Waals surface area contributed by atoms with E-state index in [4.69, 9.17) is 10.2 Å². The van der Waals surface area contributed by atoms with Crippen molar-refractivity contribution in [2.45, 2.75) is 59.5 Å². The molecule has 0 radical (unpaired) electrons. The van der Waals surface area contributed by atoms with Crippen LogP contribution < -0.4 is 11.1 Å². The molecule has 1 aromatic heterocycles. The van der Waals surface area contributed by atoms with E-state index in [1.54, 1.807) is 0 Å². The molecule has 3 atom stereocenters. The summed E-state index contributed by atoms with van der Waals surface area (Å²) in [6.45, 7) is 10.1.